The van der Waals surface area contributed by atoms with Gasteiger partial charge in [-0.1, -0.05) is 6.92 Å². The smallest absolute Gasteiger partial charge is 0.257 e. The standard InChI is InChI=1S/C21H26N4O2/c1-15-6-10-25(11-7-15)21(27)16-2-4-17(5-3-16)23-20(26)18-8-12-24-13-9-22-14-19(18)24/h2-5,8,12,15,22H,6-7,9-11,13-14H2,1H3,(H,23,26). The Bertz CT molecular complexity index is 832. The second-order valence-electron chi connectivity index (χ2n) is 7.55. The maximum atomic E-state index is 12.6. The molecule has 0 spiro atoms. The van der Waals surface area contributed by atoms with Crippen LogP contribution in [-0.2, 0) is 13.1 Å². The maximum absolute atomic E-state index is 12.6. The van der Waals surface area contributed by atoms with Crippen LogP contribution in [0.4, 0.5) is 5.69 Å². The van der Waals surface area contributed by atoms with Crippen LogP contribution in [0.2, 0.25) is 0 Å². The number of piperidine rings is 1. The lowest BCUT2D eigenvalue weighted by molar-refractivity contribution is 0.0697. The number of amides is 2. The molecular weight excluding hydrogens is 340 g/mol. The van der Waals surface area contributed by atoms with Gasteiger partial charge in [0, 0.05) is 55.9 Å². The molecule has 0 unspecified atom stereocenters. The minimum atomic E-state index is -0.114. The van der Waals surface area contributed by atoms with Crippen molar-refractivity contribution in [3.63, 3.8) is 0 Å². The van der Waals surface area contributed by atoms with Crippen LogP contribution >= 0.6 is 0 Å². The average Bonchev–Trinajstić information content (AvgIpc) is 3.13. The Labute approximate surface area is 159 Å². The van der Waals surface area contributed by atoms with Gasteiger partial charge in [0.25, 0.3) is 11.8 Å². The van der Waals surface area contributed by atoms with Gasteiger partial charge in [-0.2, -0.15) is 0 Å². The number of carbonyl (C=O) groups is 2. The number of hydrogen-bond donors (Lipinski definition) is 2. The molecule has 3 heterocycles. The number of likely N-dealkylation sites (tertiary alicyclic amines) is 1. The molecule has 2 aliphatic rings. The third kappa shape index (κ3) is 3.76. The number of carbonyl (C=O) groups excluding carboxylic acids is 2. The molecule has 142 valence electrons. The monoisotopic (exact) mass is 366 g/mol. The third-order valence-electron chi connectivity index (χ3n) is 5.61. The molecule has 6 nitrogen and oxygen atoms in total. The van der Waals surface area contributed by atoms with Gasteiger partial charge in [0.1, 0.15) is 0 Å². The van der Waals surface area contributed by atoms with Crippen LogP contribution in [0.25, 0.3) is 0 Å². The molecule has 2 amide bonds. The van der Waals surface area contributed by atoms with Crippen molar-refractivity contribution in [3.8, 4) is 0 Å². The number of aromatic nitrogens is 1. The van der Waals surface area contributed by atoms with E-state index in [1.54, 1.807) is 24.3 Å². The van der Waals surface area contributed by atoms with Crippen LogP contribution in [0, 0.1) is 5.92 Å². The van der Waals surface area contributed by atoms with Crippen LogP contribution in [0.5, 0.6) is 0 Å². The summed E-state index contributed by atoms with van der Waals surface area (Å²) in [4.78, 5) is 27.2. The van der Waals surface area contributed by atoms with Crippen LogP contribution in [0.3, 0.4) is 0 Å². The van der Waals surface area contributed by atoms with Gasteiger partial charge in [-0.05, 0) is 49.1 Å². The van der Waals surface area contributed by atoms with E-state index in [1.165, 1.54) is 0 Å². The van der Waals surface area contributed by atoms with E-state index in [0.29, 0.717) is 29.3 Å². The summed E-state index contributed by atoms with van der Waals surface area (Å²) in [5.74, 6) is 0.658. The Morgan fingerprint density at radius 2 is 1.81 bits per heavy atom. The fourth-order valence-electron chi connectivity index (χ4n) is 3.81. The molecule has 2 N–H and O–H groups in total. The molecule has 1 fully saturated rings. The molecule has 27 heavy (non-hydrogen) atoms. The van der Waals surface area contributed by atoms with Gasteiger partial charge < -0.3 is 20.1 Å². The first-order chi connectivity index (χ1) is 13.1. The predicted octanol–water partition coefficient (Wildman–Crippen LogP) is 2.72. The van der Waals surface area contributed by atoms with Crippen molar-refractivity contribution in [2.24, 2.45) is 5.92 Å². The lowest BCUT2D eigenvalue weighted by Crippen LogP contribution is -2.37. The SMILES string of the molecule is CC1CCN(C(=O)c2ccc(NC(=O)c3ccn4c3CNCC4)cc2)CC1. The molecule has 1 saturated heterocycles. The highest BCUT2D eigenvalue weighted by Crippen LogP contribution is 2.20. The summed E-state index contributed by atoms with van der Waals surface area (Å²) in [6.07, 6.45) is 4.10. The van der Waals surface area contributed by atoms with Gasteiger partial charge in [0.15, 0.2) is 0 Å². The summed E-state index contributed by atoms with van der Waals surface area (Å²) in [5, 5.41) is 6.24. The highest BCUT2D eigenvalue weighted by molar-refractivity contribution is 6.05. The number of anilines is 1. The second kappa shape index (κ2) is 7.56. The molecular formula is C21H26N4O2. The average molecular weight is 366 g/mol. The molecule has 0 radical (unpaired) electrons. The van der Waals surface area contributed by atoms with Crippen molar-refractivity contribution in [3.05, 3.63) is 53.3 Å². The number of hydrogen-bond acceptors (Lipinski definition) is 3. The van der Waals surface area contributed by atoms with Crippen molar-refractivity contribution in [1.29, 1.82) is 0 Å². The van der Waals surface area contributed by atoms with E-state index in [9.17, 15) is 9.59 Å². The normalized spacial score (nSPS) is 17.4. The van der Waals surface area contributed by atoms with Crippen molar-refractivity contribution in [1.82, 2.24) is 14.8 Å². The van der Waals surface area contributed by atoms with Gasteiger partial charge in [-0.3, -0.25) is 9.59 Å². The van der Waals surface area contributed by atoms with E-state index < -0.39 is 0 Å². The zero-order valence-corrected chi connectivity index (χ0v) is 15.7. The summed E-state index contributed by atoms with van der Waals surface area (Å²) in [7, 11) is 0. The molecule has 0 atom stereocenters. The maximum Gasteiger partial charge on any atom is 0.257 e. The molecule has 0 bridgehead atoms. The van der Waals surface area contributed by atoms with Crippen molar-refractivity contribution >= 4 is 17.5 Å². The fraction of sp³-hybridized carbons (Fsp3) is 0.429. The summed E-state index contributed by atoms with van der Waals surface area (Å²) in [6.45, 7) is 6.40. The van der Waals surface area contributed by atoms with E-state index in [1.807, 2.05) is 17.2 Å². The third-order valence-corrected chi connectivity index (χ3v) is 5.61. The molecule has 4 rings (SSSR count). The topological polar surface area (TPSA) is 66.4 Å². The number of benzene rings is 1. The molecule has 0 aliphatic carbocycles. The summed E-state index contributed by atoms with van der Waals surface area (Å²) < 4.78 is 2.12. The van der Waals surface area contributed by atoms with Gasteiger partial charge >= 0.3 is 0 Å². The van der Waals surface area contributed by atoms with E-state index in [-0.39, 0.29) is 11.8 Å². The molecule has 2 aliphatic heterocycles. The number of nitrogens with one attached hydrogen (secondary N) is 2. The quantitative estimate of drug-likeness (QED) is 0.878. The van der Waals surface area contributed by atoms with E-state index in [4.69, 9.17) is 0 Å². The molecule has 1 aromatic heterocycles. The molecule has 0 saturated carbocycles. The highest BCUT2D eigenvalue weighted by Gasteiger charge is 2.22. The Morgan fingerprint density at radius 3 is 2.56 bits per heavy atom. The van der Waals surface area contributed by atoms with Crippen molar-refractivity contribution < 1.29 is 9.59 Å². The number of fused-ring (bicyclic) bond motifs is 1. The minimum Gasteiger partial charge on any atom is -0.348 e. The van der Waals surface area contributed by atoms with Gasteiger partial charge in [0.05, 0.1) is 5.56 Å². The van der Waals surface area contributed by atoms with Crippen molar-refractivity contribution in [2.75, 3.05) is 25.0 Å². The zero-order chi connectivity index (χ0) is 18.8. The Kier molecular flexibility index (Phi) is 4.99. The Balaban J connectivity index is 1.41. The molecule has 1 aromatic carbocycles. The lowest BCUT2D eigenvalue weighted by Gasteiger charge is -2.30. The first-order valence-electron chi connectivity index (χ1n) is 9.71. The first-order valence-corrected chi connectivity index (χ1v) is 9.71. The van der Waals surface area contributed by atoms with Crippen LogP contribution in [-0.4, -0.2) is 40.9 Å². The van der Waals surface area contributed by atoms with E-state index in [2.05, 4.69) is 22.1 Å². The molecule has 6 heteroatoms. The zero-order valence-electron chi connectivity index (χ0n) is 15.7. The van der Waals surface area contributed by atoms with E-state index >= 15 is 0 Å². The number of nitrogens with zero attached hydrogens (tertiary/aromatic N) is 2. The van der Waals surface area contributed by atoms with Gasteiger partial charge in [0.2, 0.25) is 0 Å². The summed E-state index contributed by atoms with van der Waals surface area (Å²) in [6, 6.07) is 9.07. The van der Waals surface area contributed by atoms with Gasteiger partial charge in [-0.25, -0.2) is 0 Å². The van der Waals surface area contributed by atoms with Crippen molar-refractivity contribution in [2.45, 2.75) is 32.9 Å². The summed E-state index contributed by atoms with van der Waals surface area (Å²) in [5.41, 5.74) is 3.09. The minimum absolute atomic E-state index is 0.0763. The first kappa shape index (κ1) is 17.8. The Morgan fingerprint density at radius 1 is 1.07 bits per heavy atom. The Hall–Kier alpha value is -2.60. The molecule has 2 aromatic rings. The predicted molar refractivity (Wildman–Crippen MR) is 105 cm³/mol. The second-order valence-corrected chi connectivity index (χ2v) is 7.55. The summed E-state index contributed by atoms with van der Waals surface area (Å²) >= 11 is 0. The number of rotatable bonds is 3. The fourth-order valence-corrected chi connectivity index (χ4v) is 3.81. The van der Waals surface area contributed by atoms with E-state index in [0.717, 1.165) is 44.7 Å². The largest absolute Gasteiger partial charge is 0.348 e. The van der Waals surface area contributed by atoms with Crippen LogP contribution < -0.4 is 10.6 Å². The van der Waals surface area contributed by atoms with Gasteiger partial charge in [-0.15, -0.1) is 0 Å². The van der Waals surface area contributed by atoms with Crippen LogP contribution in [0.1, 0.15) is 46.2 Å². The lowest BCUT2D eigenvalue weighted by atomic mass is 9.98. The van der Waals surface area contributed by atoms with Crippen LogP contribution in [0.15, 0.2) is 36.5 Å². The highest BCUT2D eigenvalue weighted by atomic mass is 16.2.